The fraction of sp³-hybridized carbons (Fsp3) is 0.333. The van der Waals surface area contributed by atoms with Gasteiger partial charge in [0.05, 0.1) is 26.0 Å². The van der Waals surface area contributed by atoms with Gasteiger partial charge in [0.15, 0.2) is 0 Å². The van der Waals surface area contributed by atoms with Crippen LogP contribution in [0.25, 0.3) is 6.08 Å². The van der Waals surface area contributed by atoms with E-state index in [4.69, 9.17) is 4.74 Å². The molecule has 1 aromatic rings. The van der Waals surface area contributed by atoms with Gasteiger partial charge in [0.25, 0.3) is 5.91 Å². The summed E-state index contributed by atoms with van der Waals surface area (Å²) in [6, 6.07) is 9.88. The van der Waals surface area contributed by atoms with Crippen LogP contribution in [0.1, 0.15) is 5.56 Å². The maximum absolute atomic E-state index is 11.7. The zero-order valence-corrected chi connectivity index (χ0v) is 13.3. The van der Waals surface area contributed by atoms with Crippen LogP contribution in [-0.4, -0.2) is 49.9 Å². The molecule has 1 saturated heterocycles. The van der Waals surface area contributed by atoms with Gasteiger partial charge < -0.3 is 4.74 Å². The second-order valence-corrected chi connectivity index (χ2v) is 5.54. The van der Waals surface area contributed by atoms with Crippen LogP contribution in [0.15, 0.2) is 39.9 Å². The molecule has 1 aromatic carbocycles. The predicted molar refractivity (Wildman–Crippen MR) is 87.2 cm³/mol. The fourth-order valence-electron chi connectivity index (χ4n) is 1.91. The third kappa shape index (κ3) is 6.20. The molecule has 0 saturated carbocycles. The zero-order chi connectivity index (χ0) is 14.9. The van der Waals surface area contributed by atoms with Crippen molar-refractivity contribution in [2.45, 2.75) is 0 Å². The van der Waals surface area contributed by atoms with E-state index >= 15 is 0 Å². The van der Waals surface area contributed by atoms with Gasteiger partial charge in [-0.3, -0.25) is 9.69 Å². The SMILES string of the molecule is O=C(CN1CCOCC1)N/N=C\C(Br)=C/c1ccccc1. The summed E-state index contributed by atoms with van der Waals surface area (Å²) in [5.41, 5.74) is 3.59. The molecule has 2 rings (SSSR count). The highest BCUT2D eigenvalue weighted by atomic mass is 79.9. The van der Waals surface area contributed by atoms with E-state index in [9.17, 15) is 4.79 Å². The molecule has 1 amide bonds. The van der Waals surface area contributed by atoms with Gasteiger partial charge in [-0.15, -0.1) is 0 Å². The van der Waals surface area contributed by atoms with E-state index in [0.717, 1.165) is 23.1 Å². The molecule has 1 aliphatic heterocycles. The normalized spacial score (nSPS) is 17.1. The Kier molecular flexibility index (Phi) is 6.59. The quantitative estimate of drug-likeness (QED) is 0.650. The van der Waals surface area contributed by atoms with Crippen molar-refractivity contribution >= 4 is 34.1 Å². The Labute approximate surface area is 132 Å². The van der Waals surface area contributed by atoms with E-state index in [0.29, 0.717) is 19.8 Å². The number of carbonyl (C=O) groups is 1. The van der Waals surface area contributed by atoms with Gasteiger partial charge in [-0.1, -0.05) is 30.3 Å². The maximum Gasteiger partial charge on any atom is 0.254 e. The van der Waals surface area contributed by atoms with Gasteiger partial charge in [-0.25, -0.2) is 5.43 Å². The number of rotatable bonds is 5. The summed E-state index contributed by atoms with van der Waals surface area (Å²) in [7, 11) is 0. The topological polar surface area (TPSA) is 53.9 Å². The molecule has 0 spiro atoms. The molecule has 1 fully saturated rings. The van der Waals surface area contributed by atoms with Gasteiger partial charge in [0.1, 0.15) is 0 Å². The lowest BCUT2D eigenvalue weighted by molar-refractivity contribution is -0.123. The zero-order valence-electron chi connectivity index (χ0n) is 11.7. The summed E-state index contributed by atoms with van der Waals surface area (Å²) >= 11 is 3.40. The minimum Gasteiger partial charge on any atom is -0.379 e. The van der Waals surface area contributed by atoms with Crippen molar-refractivity contribution in [3.8, 4) is 0 Å². The highest BCUT2D eigenvalue weighted by Gasteiger charge is 2.13. The molecule has 0 radical (unpaired) electrons. The molecule has 0 atom stereocenters. The number of hydrogen-bond donors (Lipinski definition) is 1. The first-order chi connectivity index (χ1) is 10.2. The van der Waals surface area contributed by atoms with E-state index in [-0.39, 0.29) is 5.91 Å². The van der Waals surface area contributed by atoms with Crippen LogP contribution >= 0.6 is 15.9 Å². The van der Waals surface area contributed by atoms with Crippen LogP contribution in [0.3, 0.4) is 0 Å². The maximum atomic E-state index is 11.7. The van der Waals surface area contributed by atoms with Crippen LogP contribution < -0.4 is 5.43 Å². The molecular formula is C15H18BrN3O2. The molecule has 1 heterocycles. The number of nitrogens with one attached hydrogen (secondary N) is 1. The first-order valence-corrected chi connectivity index (χ1v) is 7.57. The monoisotopic (exact) mass is 351 g/mol. The van der Waals surface area contributed by atoms with E-state index < -0.39 is 0 Å². The van der Waals surface area contributed by atoms with Crippen LogP contribution in [0.4, 0.5) is 0 Å². The molecule has 0 bridgehead atoms. The summed E-state index contributed by atoms with van der Waals surface area (Å²) in [5, 5.41) is 3.94. The number of morpholine rings is 1. The number of hydrazone groups is 1. The number of carbonyl (C=O) groups excluding carboxylic acids is 1. The van der Waals surface area contributed by atoms with Crippen LogP contribution in [-0.2, 0) is 9.53 Å². The lowest BCUT2D eigenvalue weighted by Gasteiger charge is -2.25. The molecule has 21 heavy (non-hydrogen) atoms. The molecule has 0 aromatic heterocycles. The number of hydrogen-bond acceptors (Lipinski definition) is 4. The average molecular weight is 352 g/mol. The summed E-state index contributed by atoms with van der Waals surface area (Å²) in [6.07, 6.45) is 3.50. The molecule has 112 valence electrons. The Morgan fingerprint density at radius 1 is 1.33 bits per heavy atom. The van der Waals surface area contributed by atoms with E-state index in [1.165, 1.54) is 0 Å². The lowest BCUT2D eigenvalue weighted by Crippen LogP contribution is -2.42. The molecule has 5 nitrogen and oxygen atoms in total. The second-order valence-electron chi connectivity index (χ2n) is 4.62. The van der Waals surface area contributed by atoms with Crippen molar-refractivity contribution in [1.82, 2.24) is 10.3 Å². The first-order valence-electron chi connectivity index (χ1n) is 6.78. The number of amides is 1. The molecule has 0 aliphatic carbocycles. The average Bonchev–Trinajstić information content (AvgIpc) is 2.49. The molecule has 1 N–H and O–H groups in total. The Morgan fingerprint density at radius 2 is 2.05 bits per heavy atom. The van der Waals surface area contributed by atoms with Gasteiger partial charge in [0, 0.05) is 17.6 Å². The van der Waals surface area contributed by atoms with Gasteiger partial charge in [0.2, 0.25) is 0 Å². The van der Waals surface area contributed by atoms with Gasteiger partial charge >= 0.3 is 0 Å². The first kappa shape index (κ1) is 15.9. The molecule has 6 heteroatoms. The highest BCUT2D eigenvalue weighted by Crippen LogP contribution is 2.09. The van der Waals surface area contributed by atoms with Crippen LogP contribution in [0.5, 0.6) is 0 Å². The van der Waals surface area contributed by atoms with Gasteiger partial charge in [-0.2, -0.15) is 5.10 Å². The van der Waals surface area contributed by atoms with Crippen LogP contribution in [0, 0.1) is 0 Å². The van der Waals surface area contributed by atoms with Crippen molar-refractivity contribution in [3.05, 3.63) is 40.4 Å². The Morgan fingerprint density at radius 3 is 2.76 bits per heavy atom. The summed E-state index contributed by atoms with van der Waals surface area (Å²) in [6.45, 7) is 3.29. The smallest absolute Gasteiger partial charge is 0.254 e. The number of nitrogens with zero attached hydrogens (tertiary/aromatic N) is 2. The lowest BCUT2D eigenvalue weighted by atomic mass is 10.2. The number of halogens is 1. The Hall–Kier alpha value is -1.50. The molecule has 0 unspecified atom stereocenters. The van der Waals surface area contributed by atoms with Crippen molar-refractivity contribution in [1.29, 1.82) is 0 Å². The number of ether oxygens (including phenoxy) is 1. The number of allylic oxidation sites excluding steroid dienone is 1. The Balaban J connectivity index is 1.76. The fourth-order valence-corrected chi connectivity index (χ4v) is 2.28. The van der Waals surface area contributed by atoms with Gasteiger partial charge in [-0.05, 0) is 27.6 Å². The van der Waals surface area contributed by atoms with Crippen LogP contribution in [0.2, 0.25) is 0 Å². The van der Waals surface area contributed by atoms with Crippen molar-refractivity contribution in [2.75, 3.05) is 32.8 Å². The minimum atomic E-state index is -0.117. The van der Waals surface area contributed by atoms with E-state index in [1.807, 2.05) is 41.3 Å². The van der Waals surface area contributed by atoms with Crippen molar-refractivity contribution in [3.63, 3.8) is 0 Å². The van der Waals surface area contributed by atoms with Crippen molar-refractivity contribution < 1.29 is 9.53 Å². The summed E-state index contributed by atoms with van der Waals surface area (Å²) < 4.78 is 6.03. The third-order valence-corrected chi connectivity index (χ3v) is 3.39. The molecule has 1 aliphatic rings. The Bertz CT molecular complexity index is 511. The summed E-state index contributed by atoms with van der Waals surface area (Å²) in [4.78, 5) is 13.8. The third-order valence-electron chi connectivity index (χ3n) is 2.95. The predicted octanol–water partition coefficient (Wildman–Crippen LogP) is 1.86. The largest absolute Gasteiger partial charge is 0.379 e. The van der Waals surface area contributed by atoms with Crippen molar-refractivity contribution in [2.24, 2.45) is 5.10 Å². The summed E-state index contributed by atoms with van der Waals surface area (Å²) in [5.74, 6) is -0.117. The van der Waals surface area contributed by atoms with E-state index in [1.54, 1.807) is 6.21 Å². The second kappa shape index (κ2) is 8.71. The van der Waals surface area contributed by atoms with E-state index in [2.05, 4.69) is 26.5 Å². The number of benzene rings is 1. The highest BCUT2D eigenvalue weighted by molar-refractivity contribution is 9.12. The standard InChI is InChI=1S/C15H18BrN3O2/c16-14(10-13-4-2-1-3-5-13)11-17-18-15(20)12-19-6-8-21-9-7-19/h1-5,10-11H,6-9,12H2,(H,18,20)/b14-10+,17-11-. The minimum absolute atomic E-state index is 0.117. The molecular weight excluding hydrogens is 334 g/mol.